The van der Waals surface area contributed by atoms with Gasteiger partial charge in [-0.15, -0.1) is 0 Å². The molecule has 0 radical (unpaired) electrons. The van der Waals surface area contributed by atoms with Crippen LogP contribution in [0.1, 0.15) is 49.1 Å². The third-order valence-corrected chi connectivity index (χ3v) is 6.13. The summed E-state index contributed by atoms with van der Waals surface area (Å²) < 4.78 is 5.27. The molecule has 1 heterocycles. The largest absolute Gasteiger partial charge is 0.449 e. The van der Waals surface area contributed by atoms with Gasteiger partial charge in [0.2, 0.25) is 0 Å². The van der Waals surface area contributed by atoms with Gasteiger partial charge in [-0.1, -0.05) is 35.3 Å². The minimum absolute atomic E-state index is 0.0353. The van der Waals surface area contributed by atoms with Crippen molar-refractivity contribution in [1.82, 2.24) is 0 Å². The van der Waals surface area contributed by atoms with E-state index in [9.17, 15) is 19.2 Å². The first kappa shape index (κ1) is 24.4. The zero-order chi connectivity index (χ0) is 25.4. The molecule has 0 aromatic heterocycles. The number of esters is 1. The highest BCUT2D eigenvalue weighted by Crippen LogP contribution is 2.32. The smallest absolute Gasteiger partial charge is 0.338 e. The number of carbonyl (C=O) groups excluding carboxylic acids is 4. The van der Waals surface area contributed by atoms with Crippen LogP contribution in [0.15, 0.2) is 54.6 Å². The number of nitrogens with zero attached hydrogens (tertiary/aromatic N) is 1. The maximum absolute atomic E-state index is 13.1. The molecule has 0 saturated heterocycles. The lowest BCUT2D eigenvalue weighted by molar-refractivity contribution is -0.123. The molecule has 1 atom stereocenters. The zero-order valence-corrected chi connectivity index (χ0v) is 20.5. The van der Waals surface area contributed by atoms with E-state index in [1.165, 1.54) is 37.3 Å². The van der Waals surface area contributed by atoms with Crippen LogP contribution in [0.4, 0.5) is 11.4 Å². The van der Waals surface area contributed by atoms with Crippen LogP contribution in [0.25, 0.3) is 0 Å². The van der Waals surface area contributed by atoms with Crippen LogP contribution < -0.4 is 10.2 Å². The van der Waals surface area contributed by atoms with Gasteiger partial charge in [0.25, 0.3) is 17.7 Å². The second-order valence-electron chi connectivity index (χ2n) is 8.16. The summed E-state index contributed by atoms with van der Waals surface area (Å²) >= 11 is 12.0. The van der Waals surface area contributed by atoms with Crippen molar-refractivity contribution in [3.05, 3.63) is 92.5 Å². The van der Waals surface area contributed by atoms with Gasteiger partial charge in [-0.2, -0.15) is 0 Å². The van der Waals surface area contributed by atoms with Crippen molar-refractivity contribution in [3.8, 4) is 0 Å². The molecule has 7 nitrogen and oxygen atoms in total. The highest BCUT2D eigenvalue weighted by Gasteiger charge is 2.38. The molecule has 0 bridgehead atoms. The van der Waals surface area contributed by atoms with E-state index in [1.807, 2.05) is 26.0 Å². The summed E-state index contributed by atoms with van der Waals surface area (Å²) in [4.78, 5) is 52.4. The van der Waals surface area contributed by atoms with E-state index in [0.717, 1.165) is 16.0 Å². The molecule has 1 unspecified atom stereocenters. The Kier molecular flexibility index (Phi) is 6.65. The van der Waals surface area contributed by atoms with Crippen LogP contribution in [0.5, 0.6) is 0 Å². The van der Waals surface area contributed by atoms with Gasteiger partial charge in [-0.05, 0) is 74.4 Å². The van der Waals surface area contributed by atoms with Gasteiger partial charge in [0, 0.05) is 5.02 Å². The van der Waals surface area contributed by atoms with Gasteiger partial charge in [0.15, 0.2) is 6.10 Å². The first-order chi connectivity index (χ1) is 16.6. The van der Waals surface area contributed by atoms with Crippen molar-refractivity contribution < 1.29 is 23.9 Å². The fourth-order valence-electron chi connectivity index (χ4n) is 3.66. The van der Waals surface area contributed by atoms with E-state index < -0.39 is 29.8 Å². The molecule has 178 valence electrons. The first-order valence-electron chi connectivity index (χ1n) is 10.6. The Hall–Kier alpha value is -3.68. The lowest BCUT2D eigenvalue weighted by Gasteiger charge is -2.17. The number of halogens is 2. The number of hydrogen-bond acceptors (Lipinski definition) is 5. The van der Waals surface area contributed by atoms with Crippen molar-refractivity contribution in [2.45, 2.75) is 26.9 Å². The van der Waals surface area contributed by atoms with Gasteiger partial charge in [0.05, 0.1) is 33.1 Å². The Morgan fingerprint density at radius 3 is 2.37 bits per heavy atom. The number of imide groups is 1. The molecule has 3 amide bonds. The van der Waals surface area contributed by atoms with E-state index in [1.54, 1.807) is 12.1 Å². The van der Waals surface area contributed by atoms with Gasteiger partial charge in [0.1, 0.15) is 0 Å². The maximum Gasteiger partial charge on any atom is 0.338 e. The summed E-state index contributed by atoms with van der Waals surface area (Å²) in [6.45, 7) is 5.08. The number of anilines is 2. The summed E-state index contributed by atoms with van der Waals surface area (Å²) in [5.74, 6) is -2.44. The zero-order valence-electron chi connectivity index (χ0n) is 19.0. The molecule has 0 spiro atoms. The molecule has 35 heavy (non-hydrogen) atoms. The fourth-order valence-corrected chi connectivity index (χ4v) is 3.99. The van der Waals surface area contributed by atoms with Crippen molar-refractivity contribution in [2.75, 3.05) is 10.2 Å². The topological polar surface area (TPSA) is 92.8 Å². The Morgan fingerprint density at radius 2 is 1.63 bits per heavy atom. The maximum atomic E-state index is 13.1. The summed E-state index contributed by atoms with van der Waals surface area (Å²) in [5.41, 5.74) is 2.75. The normalized spacial score (nSPS) is 13.5. The number of hydrogen-bond donors (Lipinski definition) is 1. The molecule has 3 aromatic rings. The van der Waals surface area contributed by atoms with Crippen LogP contribution in [0, 0.1) is 13.8 Å². The van der Waals surface area contributed by atoms with Crippen LogP contribution in [0.2, 0.25) is 10.0 Å². The number of carbonyl (C=O) groups is 4. The van der Waals surface area contributed by atoms with Gasteiger partial charge < -0.3 is 10.1 Å². The fraction of sp³-hybridized carbons (Fsp3) is 0.154. The highest BCUT2D eigenvalue weighted by molar-refractivity contribution is 6.36. The number of nitrogens with one attached hydrogen (secondary N) is 1. The number of ether oxygens (including phenoxy) is 1. The lowest BCUT2D eigenvalue weighted by atomic mass is 10.1. The average molecular weight is 511 g/mol. The molecule has 1 N–H and O–H groups in total. The standard InChI is InChI=1S/C26H20Cl2N2O5/c1-13-4-5-14(2)22(10-13)30-24(32)18-8-6-16(11-19(18)25(30)33)26(34)35-15(3)23(31)29-21-12-17(27)7-9-20(21)28/h4-12,15H,1-3H3,(H,29,31). The highest BCUT2D eigenvalue weighted by atomic mass is 35.5. The molecular formula is C26H20Cl2N2O5. The summed E-state index contributed by atoms with van der Waals surface area (Å²) in [5, 5.41) is 3.21. The summed E-state index contributed by atoms with van der Waals surface area (Å²) in [7, 11) is 0. The Morgan fingerprint density at radius 1 is 0.914 bits per heavy atom. The van der Waals surface area contributed by atoms with Crippen molar-refractivity contribution >= 4 is 58.3 Å². The van der Waals surface area contributed by atoms with Crippen LogP contribution >= 0.6 is 23.2 Å². The monoisotopic (exact) mass is 510 g/mol. The van der Waals surface area contributed by atoms with E-state index in [4.69, 9.17) is 27.9 Å². The van der Waals surface area contributed by atoms with Gasteiger partial charge >= 0.3 is 5.97 Å². The van der Waals surface area contributed by atoms with E-state index in [-0.39, 0.29) is 27.4 Å². The van der Waals surface area contributed by atoms with Crippen molar-refractivity contribution in [1.29, 1.82) is 0 Å². The molecule has 0 saturated carbocycles. The van der Waals surface area contributed by atoms with Crippen LogP contribution in [0.3, 0.4) is 0 Å². The lowest BCUT2D eigenvalue weighted by Crippen LogP contribution is -2.30. The quantitative estimate of drug-likeness (QED) is 0.356. The average Bonchev–Trinajstić information content (AvgIpc) is 3.07. The SMILES string of the molecule is Cc1ccc(C)c(N2C(=O)c3ccc(C(=O)OC(C)C(=O)Nc4cc(Cl)ccc4Cl)cc3C2=O)c1. The Bertz CT molecular complexity index is 1400. The third kappa shape index (κ3) is 4.78. The number of amides is 3. The molecule has 1 aliphatic heterocycles. The summed E-state index contributed by atoms with van der Waals surface area (Å²) in [6.07, 6.45) is -1.17. The molecule has 9 heteroatoms. The van der Waals surface area contributed by atoms with Crippen molar-refractivity contribution in [3.63, 3.8) is 0 Å². The second-order valence-corrected chi connectivity index (χ2v) is 9.00. The molecule has 3 aromatic carbocycles. The third-order valence-electron chi connectivity index (χ3n) is 5.57. The van der Waals surface area contributed by atoms with Gasteiger partial charge in [-0.3, -0.25) is 14.4 Å². The minimum Gasteiger partial charge on any atom is -0.449 e. The first-order valence-corrected chi connectivity index (χ1v) is 11.4. The summed E-state index contributed by atoms with van der Waals surface area (Å²) in [6, 6.07) is 14.2. The molecular weight excluding hydrogens is 491 g/mol. The number of fused-ring (bicyclic) bond motifs is 1. The number of benzene rings is 3. The number of aryl methyl sites for hydroxylation is 2. The predicted molar refractivity (Wildman–Crippen MR) is 133 cm³/mol. The number of rotatable bonds is 5. The van der Waals surface area contributed by atoms with E-state index in [2.05, 4.69) is 5.32 Å². The Labute approximate surface area is 211 Å². The molecule has 0 fully saturated rings. The Balaban J connectivity index is 1.51. The second kappa shape index (κ2) is 9.52. The molecule has 0 aliphatic carbocycles. The molecule has 1 aliphatic rings. The van der Waals surface area contributed by atoms with Crippen LogP contribution in [-0.4, -0.2) is 29.8 Å². The van der Waals surface area contributed by atoms with Crippen molar-refractivity contribution in [2.24, 2.45) is 0 Å². The minimum atomic E-state index is -1.17. The van der Waals surface area contributed by atoms with E-state index in [0.29, 0.717) is 10.7 Å². The molecule has 4 rings (SSSR count). The predicted octanol–water partition coefficient (Wildman–Crippen LogP) is 5.59. The van der Waals surface area contributed by atoms with E-state index >= 15 is 0 Å². The van der Waals surface area contributed by atoms with Gasteiger partial charge in [-0.25, -0.2) is 9.69 Å². The van der Waals surface area contributed by atoms with Crippen LogP contribution in [-0.2, 0) is 9.53 Å².